The first-order valence-electron chi connectivity index (χ1n) is 7.72. The van der Waals surface area contributed by atoms with Gasteiger partial charge in [-0.3, -0.25) is 0 Å². The van der Waals surface area contributed by atoms with Gasteiger partial charge in [-0.25, -0.2) is 9.37 Å². The van der Waals surface area contributed by atoms with E-state index in [2.05, 4.69) is 18.8 Å². The van der Waals surface area contributed by atoms with Gasteiger partial charge in [0.15, 0.2) is 0 Å². The number of nitrogens with two attached hydrogens (primary N) is 1. The van der Waals surface area contributed by atoms with Crippen molar-refractivity contribution in [2.24, 2.45) is 5.73 Å². The number of halogens is 2. The zero-order chi connectivity index (χ0) is 17.7. The van der Waals surface area contributed by atoms with Crippen LogP contribution in [0.2, 0.25) is 5.02 Å². The number of aromatic nitrogens is 1. The van der Waals surface area contributed by atoms with Crippen LogP contribution < -0.4 is 10.5 Å². The lowest BCUT2D eigenvalue weighted by molar-refractivity contribution is 0.0622. The van der Waals surface area contributed by atoms with E-state index in [0.717, 1.165) is 5.56 Å². The van der Waals surface area contributed by atoms with Crippen molar-refractivity contribution in [2.75, 3.05) is 13.2 Å². The summed E-state index contributed by atoms with van der Waals surface area (Å²) >= 11 is 5.91. The number of hydrogen-bond acceptors (Lipinski definition) is 4. The van der Waals surface area contributed by atoms with Crippen molar-refractivity contribution in [3.8, 4) is 17.0 Å². The number of hydrogen-bond donors (Lipinski definition) is 2. The quantitative estimate of drug-likeness (QED) is 0.890. The molecule has 1 aromatic carbocycles. The number of pyridine rings is 1. The van der Waals surface area contributed by atoms with E-state index in [4.69, 9.17) is 22.1 Å². The molecule has 24 heavy (non-hydrogen) atoms. The average Bonchev–Trinajstić information content (AvgIpc) is 2.85. The van der Waals surface area contributed by atoms with Crippen molar-refractivity contribution in [1.82, 2.24) is 4.98 Å². The molecule has 1 atom stereocenters. The summed E-state index contributed by atoms with van der Waals surface area (Å²) < 4.78 is 19.4. The zero-order valence-electron chi connectivity index (χ0n) is 13.9. The number of benzene rings is 1. The van der Waals surface area contributed by atoms with Gasteiger partial charge in [-0.2, -0.15) is 0 Å². The van der Waals surface area contributed by atoms with Crippen LogP contribution in [0.3, 0.4) is 0 Å². The van der Waals surface area contributed by atoms with Gasteiger partial charge in [-0.15, -0.1) is 0 Å². The van der Waals surface area contributed by atoms with Crippen LogP contribution in [0.1, 0.15) is 32.0 Å². The molecule has 0 saturated carbocycles. The maximum absolute atomic E-state index is 13.5. The second-order valence-electron chi connectivity index (χ2n) is 7.01. The number of rotatable bonds is 3. The fourth-order valence-electron chi connectivity index (χ4n) is 2.73. The van der Waals surface area contributed by atoms with Gasteiger partial charge in [-0.05, 0) is 31.2 Å². The lowest BCUT2D eigenvalue weighted by Gasteiger charge is -2.24. The average molecular weight is 351 g/mol. The second kappa shape index (κ2) is 5.69. The first kappa shape index (κ1) is 17.1. The summed E-state index contributed by atoms with van der Waals surface area (Å²) in [6, 6.07) is 6.23. The van der Waals surface area contributed by atoms with E-state index in [1.807, 2.05) is 6.07 Å². The molecule has 128 valence electrons. The fourth-order valence-corrected chi connectivity index (χ4v) is 2.91. The van der Waals surface area contributed by atoms with Crippen LogP contribution in [-0.2, 0) is 11.0 Å². The van der Waals surface area contributed by atoms with Crippen LogP contribution in [0.15, 0.2) is 24.3 Å². The fraction of sp³-hybridized carbons (Fsp3) is 0.389. The Kier molecular flexibility index (Phi) is 4.06. The van der Waals surface area contributed by atoms with Crippen molar-refractivity contribution >= 4 is 11.6 Å². The highest BCUT2D eigenvalue weighted by Crippen LogP contribution is 2.45. The van der Waals surface area contributed by atoms with Crippen LogP contribution in [0.5, 0.6) is 5.75 Å². The highest BCUT2D eigenvalue weighted by molar-refractivity contribution is 6.31. The lowest BCUT2D eigenvalue weighted by atomic mass is 9.84. The summed E-state index contributed by atoms with van der Waals surface area (Å²) in [6.07, 6.45) is 0. The normalized spacial score (nSPS) is 18.0. The molecule has 1 aliphatic heterocycles. The molecule has 3 rings (SSSR count). The molecule has 0 amide bonds. The van der Waals surface area contributed by atoms with Gasteiger partial charge in [0.05, 0.1) is 17.3 Å². The molecular weight excluding hydrogens is 331 g/mol. The minimum absolute atomic E-state index is 0.0105. The van der Waals surface area contributed by atoms with Crippen LogP contribution in [0.4, 0.5) is 4.39 Å². The number of nitrogens with zero attached hydrogens (tertiary/aromatic N) is 1. The highest BCUT2D eigenvalue weighted by Gasteiger charge is 2.37. The lowest BCUT2D eigenvalue weighted by Crippen LogP contribution is -2.33. The summed E-state index contributed by atoms with van der Waals surface area (Å²) in [4.78, 5) is 4.56. The van der Waals surface area contributed by atoms with E-state index in [9.17, 15) is 9.50 Å². The van der Waals surface area contributed by atoms with Gasteiger partial charge in [0.2, 0.25) is 0 Å². The van der Waals surface area contributed by atoms with Crippen LogP contribution in [0, 0.1) is 5.82 Å². The molecule has 0 fully saturated rings. The smallest absolute Gasteiger partial charge is 0.149 e. The Hall–Kier alpha value is -1.69. The van der Waals surface area contributed by atoms with Gasteiger partial charge >= 0.3 is 0 Å². The van der Waals surface area contributed by atoms with Crippen LogP contribution in [0.25, 0.3) is 11.3 Å². The van der Waals surface area contributed by atoms with Gasteiger partial charge in [0.1, 0.15) is 22.9 Å². The van der Waals surface area contributed by atoms with E-state index in [-0.39, 0.29) is 17.0 Å². The Morgan fingerprint density at radius 2 is 2.12 bits per heavy atom. The summed E-state index contributed by atoms with van der Waals surface area (Å²) in [5.41, 5.74) is 6.75. The first-order valence-corrected chi connectivity index (χ1v) is 8.10. The van der Waals surface area contributed by atoms with Crippen molar-refractivity contribution in [3.63, 3.8) is 0 Å². The van der Waals surface area contributed by atoms with Crippen LogP contribution in [-0.4, -0.2) is 23.2 Å². The third kappa shape index (κ3) is 2.77. The Balaban J connectivity index is 2.27. The topological polar surface area (TPSA) is 68.4 Å². The Bertz CT molecular complexity index is 806. The van der Waals surface area contributed by atoms with Crippen molar-refractivity contribution in [1.29, 1.82) is 0 Å². The molecular formula is C18H20ClFN2O2. The molecule has 3 N–H and O–H groups in total. The Morgan fingerprint density at radius 1 is 1.42 bits per heavy atom. The van der Waals surface area contributed by atoms with E-state index < -0.39 is 11.4 Å². The summed E-state index contributed by atoms with van der Waals surface area (Å²) in [5, 5.41) is 10.6. The van der Waals surface area contributed by atoms with E-state index in [1.165, 1.54) is 12.1 Å². The molecule has 1 aromatic heterocycles. The molecule has 2 aromatic rings. The molecule has 1 unspecified atom stereocenters. The summed E-state index contributed by atoms with van der Waals surface area (Å²) in [7, 11) is 0. The summed E-state index contributed by atoms with van der Waals surface area (Å²) in [6.45, 7) is 6.26. The van der Waals surface area contributed by atoms with Gasteiger partial charge in [-0.1, -0.05) is 25.4 Å². The van der Waals surface area contributed by atoms with Gasteiger partial charge in [0.25, 0.3) is 0 Å². The third-order valence-electron chi connectivity index (χ3n) is 4.42. The molecule has 0 saturated heterocycles. The van der Waals surface area contributed by atoms with Crippen molar-refractivity contribution in [3.05, 3.63) is 46.4 Å². The molecule has 0 spiro atoms. The molecule has 0 aliphatic carbocycles. The second-order valence-corrected chi connectivity index (χ2v) is 7.42. The highest BCUT2D eigenvalue weighted by atomic mass is 35.5. The van der Waals surface area contributed by atoms with E-state index in [0.29, 0.717) is 29.3 Å². The zero-order valence-corrected chi connectivity index (χ0v) is 14.6. The minimum atomic E-state index is -1.27. The molecule has 6 heteroatoms. The Morgan fingerprint density at radius 3 is 2.75 bits per heavy atom. The van der Waals surface area contributed by atoms with Gasteiger partial charge < -0.3 is 15.6 Å². The summed E-state index contributed by atoms with van der Waals surface area (Å²) in [5.74, 6) is 0.141. The molecule has 2 heterocycles. The van der Waals surface area contributed by atoms with Gasteiger partial charge in [0, 0.05) is 23.1 Å². The number of fused-ring (bicyclic) bond motifs is 1. The standard InChI is InChI=1S/C18H20ClFN2O2/c1-17(2)9-24-16-11(17)7-14(18(3,23)8-21)22-15(16)10-4-5-13(20)12(19)6-10/h4-7,23H,8-9,21H2,1-3H3. The van der Waals surface area contributed by atoms with Crippen molar-refractivity contribution in [2.45, 2.75) is 31.8 Å². The number of ether oxygens (including phenoxy) is 1. The van der Waals surface area contributed by atoms with Crippen molar-refractivity contribution < 1.29 is 14.2 Å². The maximum atomic E-state index is 13.5. The predicted octanol–water partition coefficient (Wildman–Crippen LogP) is 3.38. The van der Waals surface area contributed by atoms with E-state index >= 15 is 0 Å². The SMILES string of the molecule is CC1(C)COc2c1cc(C(C)(O)CN)nc2-c1ccc(F)c(Cl)c1. The number of aliphatic hydroxyl groups is 1. The van der Waals surface area contributed by atoms with E-state index in [1.54, 1.807) is 13.0 Å². The van der Waals surface area contributed by atoms with Crippen LogP contribution >= 0.6 is 11.6 Å². The largest absolute Gasteiger partial charge is 0.490 e. The predicted molar refractivity (Wildman–Crippen MR) is 91.8 cm³/mol. The monoisotopic (exact) mass is 350 g/mol. The molecule has 0 radical (unpaired) electrons. The molecule has 0 bridgehead atoms. The Labute approximate surface area is 145 Å². The minimum Gasteiger partial charge on any atom is -0.490 e. The maximum Gasteiger partial charge on any atom is 0.149 e. The molecule has 1 aliphatic rings. The first-order chi connectivity index (χ1) is 11.2. The molecule has 4 nitrogen and oxygen atoms in total. The third-order valence-corrected chi connectivity index (χ3v) is 4.71.